The van der Waals surface area contributed by atoms with E-state index in [0.29, 0.717) is 17.9 Å². The molecular formula is C14H22O3. The van der Waals surface area contributed by atoms with Crippen molar-refractivity contribution in [1.82, 2.24) is 0 Å². The maximum atomic E-state index is 11.1. The van der Waals surface area contributed by atoms with Crippen LogP contribution in [0.4, 0.5) is 0 Å². The van der Waals surface area contributed by atoms with Gasteiger partial charge in [-0.25, -0.2) is 4.79 Å². The van der Waals surface area contributed by atoms with E-state index in [1.807, 2.05) is 0 Å². The van der Waals surface area contributed by atoms with Crippen LogP contribution in [0.25, 0.3) is 0 Å². The number of allylic oxidation sites excluding steroid dienone is 1. The van der Waals surface area contributed by atoms with Crippen molar-refractivity contribution in [3.8, 4) is 0 Å². The van der Waals surface area contributed by atoms with Gasteiger partial charge in [0.05, 0.1) is 6.61 Å². The molecule has 0 saturated heterocycles. The van der Waals surface area contributed by atoms with E-state index in [1.165, 1.54) is 25.3 Å². The van der Waals surface area contributed by atoms with Crippen molar-refractivity contribution in [1.29, 1.82) is 0 Å². The Morgan fingerprint density at radius 1 is 1.65 bits per heavy atom. The summed E-state index contributed by atoms with van der Waals surface area (Å²) >= 11 is 0. The average molecular weight is 238 g/mol. The van der Waals surface area contributed by atoms with E-state index in [9.17, 15) is 4.79 Å². The number of esters is 1. The molecule has 3 rings (SSSR count). The molecule has 17 heavy (non-hydrogen) atoms. The van der Waals surface area contributed by atoms with Gasteiger partial charge in [-0.1, -0.05) is 25.5 Å². The van der Waals surface area contributed by atoms with E-state index in [2.05, 4.69) is 19.9 Å². The number of fused-ring (bicyclic) bond motifs is 1. The van der Waals surface area contributed by atoms with E-state index < -0.39 is 12.1 Å². The van der Waals surface area contributed by atoms with Crippen LogP contribution in [0.5, 0.6) is 0 Å². The van der Waals surface area contributed by atoms with Crippen LogP contribution in [-0.4, -0.2) is 23.8 Å². The van der Waals surface area contributed by atoms with Crippen molar-refractivity contribution < 1.29 is 14.6 Å². The third kappa shape index (κ3) is 2.25. The third-order valence-electron chi connectivity index (χ3n) is 4.56. The van der Waals surface area contributed by atoms with Crippen molar-refractivity contribution in [2.45, 2.75) is 46.1 Å². The normalized spacial score (nSPS) is 31.2. The van der Waals surface area contributed by atoms with E-state index in [1.54, 1.807) is 0 Å². The van der Waals surface area contributed by atoms with Crippen molar-refractivity contribution in [2.75, 3.05) is 6.61 Å². The van der Waals surface area contributed by atoms with Crippen LogP contribution in [0.15, 0.2) is 11.6 Å². The Bertz CT molecular complexity index is 341. The quantitative estimate of drug-likeness (QED) is 0.604. The Labute approximate surface area is 103 Å². The molecule has 0 radical (unpaired) electrons. The van der Waals surface area contributed by atoms with Gasteiger partial charge in [-0.3, -0.25) is 0 Å². The zero-order chi connectivity index (χ0) is 12.6. The number of aliphatic hydroxyl groups is 1. The Morgan fingerprint density at radius 2 is 2.35 bits per heavy atom. The summed E-state index contributed by atoms with van der Waals surface area (Å²) in [5.41, 5.74) is 1.87. The van der Waals surface area contributed by atoms with E-state index in [0.717, 1.165) is 12.3 Å². The van der Waals surface area contributed by atoms with Crippen LogP contribution >= 0.6 is 0 Å². The Hall–Kier alpha value is -0.830. The molecule has 0 aliphatic heterocycles. The molecule has 2 unspecified atom stereocenters. The molecule has 3 aliphatic carbocycles. The number of aliphatic hydroxyl groups excluding tert-OH is 1. The fourth-order valence-corrected chi connectivity index (χ4v) is 3.15. The molecule has 0 aromatic carbocycles. The minimum atomic E-state index is -1.01. The van der Waals surface area contributed by atoms with Gasteiger partial charge in [-0.05, 0) is 37.0 Å². The topological polar surface area (TPSA) is 46.5 Å². The van der Waals surface area contributed by atoms with Gasteiger partial charge in [-0.2, -0.15) is 0 Å². The van der Waals surface area contributed by atoms with Gasteiger partial charge in [-0.15, -0.1) is 0 Å². The van der Waals surface area contributed by atoms with Crippen LogP contribution in [0.1, 0.15) is 40.0 Å². The summed E-state index contributed by atoms with van der Waals surface area (Å²) in [4.78, 5) is 11.1. The van der Waals surface area contributed by atoms with Gasteiger partial charge in [0.1, 0.15) is 6.10 Å². The van der Waals surface area contributed by atoms with Crippen molar-refractivity contribution in [3.63, 3.8) is 0 Å². The highest BCUT2D eigenvalue weighted by Crippen LogP contribution is 2.59. The highest BCUT2D eigenvalue weighted by atomic mass is 16.5. The van der Waals surface area contributed by atoms with Crippen molar-refractivity contribution >= 4 is 5.97 Å². The van der Waals surface area contributed by atoms with Crippen LogP contribution in [0.3, 0.4) is 0 Å². The first-order valence-corrected chi connectivity index (χ1v) is 6.46. The summed E-state index contributed by atoms with van der Waals surface area (Å²) in [6.45, 7) is 6.50. The van der Waals surface area contributed by atoms with Crippen LogP contribution in [0, 0.1) is 17.3 Å². The molecule has 3 heteroatoms. The molecule has 1 saturated carbocycles. The standard InChI is InChI=1S/C14H22O3/c1-9(15)13(16)17-7-6-10-4-5-11-8-12(10)14(11,2)3/h4,9,11-12,15H,5-8H2,1-3H3/t9-,11?,12?/m1/s1. The van der Waals surface area contributed by atoms with Crippen LogP contribution in [-0.2, 0) is 9.53 Å². The lowest BCUT2D eigenvalue weighted by atomic mass is 9.48. The minimum absolute atomic E-state index is 0.396. The number of carbonyl (C=O) groups is 1. The molecule has 96 valence electrons. The van der Waals surface area contributed by atoms with Gasteiger partial charge in [0.25, 0.3) is 0 Å². The SMILES string of the molecule is C[C@@H](O)C(=O)OCCC1=CCC2CC1C2(C)C. The molecule has 1 N–H and O–H groups in total. The molecule has 0 aromatic heterocycles. The third-order valence-corrected chi connectivity index (χ3v) is 4.56. The number of hydrogen-bond donors (Lipinski definition) is 1. The van der Waals surface area contributed by atoms with E-state index >= 15 is 0 Å². The fraction of sp³-hybridized carbons (Fsp3) is 0.786. The minimum Gasteiger partial charge on any atom is -0.463 e. The lowest BCUT2D eigenvalue weighted by molar-refractivity contribution is -0.152. The lowest BCUT2D eigenvalue weighted by Crippen LogP contribution is -2.48. The second-order valence-corrected chi connectivity index (χ2v) is 5.91. The van der Waals surface area contributed by atoms with Crippen LogP contribution < -0.4 is 0 Å². The molecular weight excluding hydrogens is 216 g/mol. The monoisotopic (exact) mass is 238 g/mol. The molecule has 0 amide bonds. The van der Waals surface area contributed by atoms with E-state index in [4.69, 9.17) is 9.84 Å². The molecule has 0 spiro atoms. The first-order valence-electron chi connectivity index (χ1n) is 6.46. The lowest BCUT2D eigenvalue weighted by Gasteiger charge is -2.56. The summed E-state index contributed by atoms with van der Waals surface area (Å²) in [5, 5.41) is 9.01. The Balaban J connectivity index is 1.81. The predicted molar refractivity (Wildman–Crippen MR) is 65.3 cm³/mol. The number of ether oxygens (including phenoxy) is 1. The molecule has 3 atom stereocenters. The fourth-order valence-electron chi connectivity index (χ4n) is 3.15. The summed E-state index contributed by atoms with van der Waals surface area (Å²) in [6, 6.07) is 0. The average Bonchev–Trinajstić information content (AvgIpc) is 2.28. The second kappa shape index (κ2) is 4.45. The zero-order valence-electron chi connectivity index (χ0n) is 10.9. The molecule has 0 aromatic rings. The zero-order valence-corrected chi connectivity index (χ0v) is 10.9. The van der Waals surface area contributed by atoms with Gasteiger partial charge in [0.2, 0.25) is 0 Å². The Kier molecular flexibility index (Phi) is 3.30. The molecule has 2 bridgehead atoms. The molecule has 0 heterocycles. The Morgan fingerprint density at radius 3 is 2.88 bits per heavy atom. The maximum Gasteiger partial charge on any atom is 0.334 e. The van der Waals surface area contributed by atoms with Gasteiger partial charge in [0, 0.05) is 6.42 Å². The highest BCUT2D eigenvalue weighted by molar-refractivity contribution is 5.73. The number of carbonyl (C=O) groups excluding carboxylic acids is 1. The predicted octanol–water partition coefficient (Wildman–Crippen LogP) is 2.29. The highest BCUT2D eigenvalue weighted by Gasteiger charge is 2.50. The first-order chi connectivity index (χ1) is 7.93. The van der Waals surface area contributed by atoms with Gasteiger partial charge < -0.3 is 9.84 Å². The summed E-state index contributed by atoms with van der Waals surface area (Å²) in [6.07, 6.45) is 4.59. The summed E-state index contributed by atoms with van der Waals surface area (Å²) in [5.74, 6) is 0.995. The molecule has 1 fully saturated rings. The summed E-state index contributed by atoms with van der Waals surface area (Å²) < 4.78 is 5.01. The smallest absolute Gasteiger partial charge is 0.334 e. The molecule has 3 nitrogen and oxygen atoms in total. The van der Waals surface area contributed by atoms with Gasteiger partial charge in [0.15, 0.2) is 0 Å². The largest absolute Gasteiger partial charge is 0.463 e. The second-order valence-electron chi connectivity index (χ2n) is 5.91. The first kappa shape index (κ1) is 12.6. The number of hydrogen-bond acceptors (Lipinski definition) is 3. The molecule has 3 aliphatic rings. The summed E-state index contributed by atoms with van der Waals surface area (Å²) in [7, 11) is 0. The van der Waals surface area contributed by atoms with Gasteiger partial charge >= 0.3 is 5.97 Å². The maximum absolute atomic E-state index is 11.1. The van der Waals surface area contributed by atoms with Crippen LogP contribution in [0.2, 0.25) is 0 Å². The van der Waals surface area contributed by atoms with E-state index in [-0.39, 0.29) is 0 Å². The number of rotatable bonds is 4. The van der Waals surface area contributed by atoms with Crippen molar-refractivity contribution in [2.24, 2.45) is 17.3 Å². The van der Waals surface area contributed by atoms with Crippen molar-refractivity contribution in [3.05, 3.63) is 11.6 Å².